The first-order chi connectivity index (χ1) is 11.5. The number of hydrogen-bond donors (Lipinski definition) is 1. The van der Waals surface area contributed by atoms with E-state index in [4.69, 9.17) is 11.6 Å². The second kappa shape index (κ2) is 6.72. The van der Waals surface area contributed by atoms with Crippen molar-refractivity contribution in [3.63, 3.8) is 0 Å². The first kappa shape index (κ1) is 16.0. The van der Waals surface area contributed by atoms with Crippen molar-refractivity contribution in [3.05, 3.63) is 65.0 Å². The van der Waals surface area contributed by atoms with Gasteiger partial charge < -0.3 is 5.32 Å². The molecule has 0 aromatic carbocycles. The van der Waals surface area contributed by atoms with Crippen LogP contribution in [0.2, 0.25) is 5.02 Å². The lowest BCUT2D eigenvalue weighted by Gasteiger charge is -2.07. The van der Waals surface area contributed by atoms with E-state index in [-0.39, 0.29) is 11.6 Å². The molecule has 0 saturated heterocycles. The highest BCUT2D eigenvalue weighted by atomic mass is 35.5. The Morgan fingerprint density at radius 2 is 1.96 bits per heavy atom. The van der Waals surface area contributed by atoms with Crippen LogP contribution in [-0.4, -0.2) is 25.8 Å². The largest absolute Gasteiger partial charge is 0.305 e. The third-order valence-electron chi connectivity index (χ3n) is 3.24. The summed E-state index contributed by atoms with van der Waals surface area (Å²) < 4.78 is 0. The number of hydrogen-bond acceptors (Lipinski definition) is 5. The van der Waals surface area contributed by atoms with Crippen LogP contribution in [0, 0.1) is 13.8 Å². The van der Waals surface area contributed by atoms with Crippen molar-refractivity contribution in [2.45, 2.75) is 13.8 Å². The average molecular weight is 340 g/mol. The summed E-state index contributed by atoms with van der Waals surface area (Å²) >= 11 is 6.11. The molecule has 0 aliphatic heterocycles. The van der Waals surface area contributed by atoms with E-state index in [1.165, 1.54) is 0 Å². The van der Waals surface area contributed by atoms with Crippen molar-refractivity contribution < 1.29 is 4.79 Å². The standard InChI is InChI=1S/C17H14ClN5O/c1-10-8-15(22-11(2)21-10)23-17(24)14-6-5-12(9-20-14)16-13(18)4-3-7-19-16/h3-9H,1-2H3,(H,21,22,23,24). The molecule has 120 valence electrons. The van der Waals surface area contributed by atoms with E-state index < -0.39 is 0 Å². The molecule has 0 atom stereocenters. The SMILES string of the molecule is Cc1cc(NC(=O)c2ccc(-c3ncccc3Cl)cn2)nc(C)n1. The zero-order chi connectivity index (χ0) is 17.1. The van der Waals surface area contributed by atoms with Crippen LogP contribution < -0.4 is 5.32 Å². The van der Waals surface area contributed by atoms with Gasteiger partial charge in [0.15, 0.2) is 0 Å². The van der Waals surface area contributed by atoms with Gasteiger partial charge in [0.1, 0.15) is 17.3 Å². The van der Waals surface area contributed by atoms with Gasteiger partial charge in [0.2, 0.25) is 0 Å². The quantitative estimate of drug-likeness (QED) is 0.790. The normalized spacial score (nSPS) is 10.5. The molecule has 0 spiro atoms. The lowest BCUT2D eigenvalue weighted by atomic mass is 10.2. The van der Waals surface area contributed by atoms with Crippen molar-refractivity contribution in [1.82, 2.24) is 19.9 Å². The Balaban J connectivity index is 1.80. The molecule has 0 bridgehead atoms. The topological polar surface area (TPSA) is 80.7 Å². The molecule has 0 fully saturated rings. The molecule has 6 nitrogen and oxygen atoms in total. The molecule has 7 heteroatoms. The highest BCUT2D eigenvalue weighted by molar-refractivity contribution is 6.33. The number of aromatic nitrogens is 4. The molecule has 1 N–H and O–H groups in total. The van der Waals surface area contributed by atoms with Crippen LogP contribution >= 0.6 is 11.6 Å². The fraction of sp³-hybridized carbons (Fsp3) is 0.118. The minimum atomic E-state index is -0.342. The van der Waals surface area contributed by atoms with E-state index in [1.54, 1.807) is 49.6 Å². The molecule has 0 aliphatic carbocycles. The van der Waals surface area contributed by atoms with E-state index in [2.05, 4.69) is 25.3 Å². The number of nitrogens with zero attached hydrogens (tertiary/aromatic N) is 4. The van der Waals surface area contributed by atoms with E-state index in [1.807, 2.05) is 6.92 Å². The molecule has 1 amide bonds. The van der Waals surface area contributed by atoms with Crippen LogP contribution in [0.4, 0.5) is 5.82 Å². The number of carbonyl (C=O) groups is 1. The van der Waals surface area contributed by atoms with Crippen molar-refractivity contribution >= 4 is 23.3 Å². The van der Waals surface area contributed by atoms with Crippen LogP contribution in [0.3, 0.4) is 0 Å². The van der Waals surface area contributed by atoms with Gasteiger partial charge >= 0.3 is 0 Å². The molecule has 3 aromatic rings. The number of halogens is 1. The van der Waals surface area contributed by atoms with Gasteiger partial charge in [-0.1, -0.05) is 11.6 Å². The summed E-state index contributed by atoms with van der Waals surface area (Å²) in [4.78, 5) is 29.0. The van der Waals surface area contributed by atoms with Gasteiger partial charge in [0.25, 0.3) is 5.91 Å². The van der Waals surface area contributed by atoms with Crippen molar-refractivity contribution in [2.75, 3.05) is 5.32 Å². The Kier molecular flexibility index (Phi) is 4.48. The number of aryl methyl sites for hydroxylation is 2. The summed E-state index contributed by atoms with van der Waals surface area (Å²) in [5.74, 6) is 0.702. The molecule has 0 unspecified atom stereocenters. The van der Waals surface area contributed by atoms with Crippen molar-refractivity contribution in [3.8, 4) is 11.3 Å². The highest BCUT2D eigenvalue weighted by Gasteiger charge is 2.11. The third kappa shape index (κ3) is 3.55. The number of amides is 1. The van der Waals surface area contributed by atoms with Gasteiger partial charge in [-0.25, -0.2) is 9.97 Å². The van der Waals surface area contributed by atoms with Crippen LogP contribution in [0.5, 0.6) is 0 Å². The Morgan fingerprint density at radius 3 is 2.62 bits per heavy atom. The van der Waals surface area contributed by atoms with E-state index in [0.717, 1.165) is 11.3 Å². The Labute approximate surface area is 144 Å². The summed E-state index contributed by atoms with van der Waals surface area (Å²) in [5.41, 5.74) is 2.43. The molecule has 3 aromatic heterocycles. The summed E-state index contributed by atoms with van der Waals surface area (Å²) in [6.07, 6.45) is 3.22. The number of rotatable bonds is 3. The van der Waals surface area contributed by atoms with Crippen LogP contribution in [-0.2, 0) is 0 Å². The van der Waals surface area contributed by atoms with Crippen molar-refractivity contribution in [2.24, 2.45) is 0 Å². The van der Waals surface area contributed by atoms with E-state index in [9.17, 15) is 4.79 Å². The van der Waals surface area contributed by atoms with E-state index >= 15 is 0 Å². The van der Waals surface area contributed by atoms with Crippen LogP contribution in [0.1, 0.15) is 22.0 Å². The molecule has 0 saturated carbocycles. The molecule has 0 radical (unpaired) electrons. The smallest absolute Gasteiger partial charge is 0.275 e. The van der Waals surface area contributed by atoms with E-state index in [0.29, 0.717) is 22.4 Å². The van der Waals surface area contributed by atoms with Gasteiger partial charge in [0.05, 0.1) is 10.7 Å². The maximum atomic E-state index is 12.3. The molecular formula is C17H14ClN5O. The van der Waals surface area contributed by atoms with Crippen LogP contribution in [0.15, 0.2) is 42.7 Å². The monoisotopic (exact) mass is 339 g/mol. The highest BCUT2D eigenvalue weighted by Crippen LogP contribution is 2.24. The van der Waals surface area contributed by atoms with Crippen LogP contribution in [0.25, 0.3) is 11.3 Å². The Morgan fingerprint density at radius 1 is 1.12 bits per heavy atom. The summed E-state index contributed by atoms with van der Waals surface area (Å²) in [5, 5.41) is 3.25. The number of nitrogens with one attached hydrogen (secondary N) is 1. The van der Waals surface area contributed by atoms with Crippen molar-refractivity contribution in [1.29, 1.82) is 0 Å². The molecule has 0 aliphatic rings. The van der Waals surface area contributed by atoms with Gasteiger partial charge in [0, 0.05) is 29.7 Å². The zero-order valence-electron chi connectivity index (χ0n) is 13.1. The minimum absolute atomic E-state index is 0.278. The first-order valence-corrected chi connectivity index (χ1v) is 7.61. The van der Waals surface area contributed by atoms with Gasteiger partial charge in [-0.05, 0) is 38.1 Å². The predicted molar refractivity (Wildman–Crippen MR) is 91.9 cm³/mol. The zero-order valence-corrected chi connectivity index (χ0v) is 13.9. The maximum Gasteiger partial charge on any atom is 0.275 e. The third-order valence-corrected chi connectivity index (χ3v) is 3.54. The fourth-order valence-corrected chi connectivity index (χ4v) is 2.46. The Bertz CT molecular complexity index is 875. The number of pyridine rings is 2. The molecule has 3 heterocycles. The molecule has 24 heavy (non-hydrogen) atoms. The van der Waals surface area contributed by atoms with Gasteiger partial charge in [-0.15, -0.1) is 0 Å². The molecule has 3 rings (SSSR count). The predicted octanol–water partition coefficient (Wildman–Crippen LogP) is 3.46. The second-order valence-electron chi connectivity index (χ2n) is 5.16. The number of anilines is 1. The van der Waals surface area contributed by atoms with Gasteiger partial charge in [-0.2, -0.15) is 0 Å². The maximum absolute atomic E-state index is 12.3. The van der Waals surface area contributed by atoms with Gasteiger partial charge in [-0.3, -0.25) is 14.8 Å². The molecular weight excluding hydrogens is 326 g/mol. The Hall–Kier alpha value is -2.86. The summed E-state index contributed by atoms with van der Waals surface area (Å²) in [6.45, 7) is 3.61. The number of carbonyl (C=O) groups excluding carboxylic acids is 1. The summed E-state index contributed by atoms with van der Waals surface area (Å²) in [6, 6.07) is 8.59. The second-order valence-corrected chi connectivity index (χ2v) is 5.57. The summed E-state index contributed by atoms with van der Waals surface area (Å²) in [7, 11) is 0. The minimum Gasteiger partial charge on any atom is -0.305 e. The lowest BCUT2D eigenvalue weighted by molar-refractivity contribution is 0.102. The first-order valence-electron chi connectivity index (χ1n) is 7.23. The lowest BCUT2D eigenvalue weighted by Crippen LogP contribution is -2.15. The average Bonchev–Trinajstić information content (AvgIpc) is 2.54. The fourth-order valence-electron chi connectivity index (χ4n) is 2.23.